The molecule has 1 saturated heterocycles. The first-order valence-electron chi connectivity index (χ1n) is 9.90. The van der Waals surface area contributed by atoms with Crippen LogP contribution in [0.15, 0.2) is 94.4 Å². The highest BCUT2D eigenvalue weighted by Crippen LogP contribution is 2.44. The van der Waals surface area contributed by atoms with E-state index in [0.717, 1.165) is 30.5 Å². The van der Waals surface area contributed by atoms with Crippen LogP contribution in [0.2, 0.25) is 0 Å². The lowest BCUT2D eigenvalue weighted by atomic mass is 9.85. The van der Waals surface area contributed by atoms with Crippen molar-refractivity contribution in [2.75, 3.05) is 6.54 Å². The average Bonchev–Trinajstić information content (AvgIpc) is 3.26. The van der Waals surface area contributed by atoms with E-state index in [1.54, 1.807) is 0 Å². The van der Waals surface area contributed by atoms with Gasteiger partial charge in [-0.25, -0.2) is 4.79 Å². The molecule has 140 valence electrons. The van der Waals surface area contributed by atoms with Gasteiger partial charge in [0, 0.05) is 23.7 Å². The number of nitrogens with zero attached hydrogens (tertiary/aromatic N) is 2. The lowest BCUT2D eigenvalue weighted by Crippen LogP contribution is -2.30. The van der Waals surface area contributed by atoms with E-state index in [0.29, 0.717) is 23.2 Å². The van der Waals surface area contributed by atoms with Crippen LogP contribution in [-0.2, 0) is 9.63 Å². The van der Waals surface area contributed by atoms with Crippen LogP contribution in [0.25, 0.3) is 0 Å². The fourth-order valence-corrected chi connectivity index (χ4v) is 4.55. The quantitative estimate of drug-likeness (QED) is 0.589. The molecular formula is C24H22N2O2. The maximum Gasteiger partial charge on any atom is 0.368 e. The van der Waals surface area contributed by atoms with E-state index in [1.165, 1.54) is 11.3 Å². The third-order valence-electron chi connectivity index (χ3n) is 5.81. The van der Waals surface area contributed by atoms with Gasteiger partial charge in [0.05, 0.1) is 11.6 Å². The number of allylic oxidation sites excluding steroid dienone is 6. The Hall–Kier alpha value is -3.14. The minimum absolute atomic E-state index is 0.331. The van der Waals surface area contributed by atoms with Gasteiger partial charge in [0.1, 0.15) is 5.71 Å². The molecule has 1 fully saturated rings. The van der Waals surface area contributed by atoms with Crippen molar-refractivity contribution in [1.29, 1.82) is 0 Å². The molecule has 1 aromatic rings. The summed E-state index contributed by atoms with van der Waals surface area (Å²) in [6.07, 6.45) is 15.5. The molecule has 5 rings (SSSR count). The van der Waals surface area contributed by atoms with Crippen molar-refractivity contribution < 1.29 is 9.63 Å². The van der Waals surface area contributed by atoms with E-state index in [4.69, 9.17) is 4.84 Å². The normalized spacial score (nSPS) is 27.0. The summed E-state index contributed by atoms with van der Waals surface area (Å²) in [4.78, 5) is 19.8. The van der Waals surface area contributed by atoms with Crippen LogP contribution in [0.5, 0.6) is 0 Å². The predicted molar refractivity (Wildman–Crippen MR) is 109 cm³/mol. The van der Waals surface area contributed by atoms with E-state index in [9.17, 15) is 4.79 Å². The Labute approximate surface area is 164 Å². The number of oxime groups is 1. The third kappa shape index (κ3) is 2.68. The van der Waals surface area contributed by atoms with Crippen LogP contribution in [0.1, 0.15) is 25.3 Å². The fraction of sp³-hybridized carbons (Fsp3) is 0.250. The van der Waals surface area contributed by atoms with E-state index < -0.39 is 5.97 Å². The predicted octanol–water partition coefficient (Wildman–Crippen LogP) is 4.29. The zero-order chi connectivity index (χ0) is 19.1. The average molecular weight is 370 g/mol. The van der Waals surface area contributed by atoms with Gasteiger partial charge in [-0.2, -0.15) is 0 Å². The molecule has 0 bridgehead atoms. The zero-order valence-corrected chi connectivity index (χ0v) is 15.8. The van der Waals surface area contributed by atoms with Gasteiger partial charge in [-0.3, -0.25) is 0 Å². The second kappa shape index (κ2) is 6.79. The van der Waals surface area contributed by atoms with Crippen molar-refractivity contribution in [3.05, 3.63) is 94.8 Å². The molecule has 2 unspecified atom stereocenters. The molecule has 0 spiro atoms. The molecule has 0 N–H and O–H groups in total. The molecule has 2 atom stereocenters. The Balaban J connectivity index is 1.50. The minimum Gasteiger partial charge on any atom is -0.364 e. The monoisotopic (exact) mass is 370 g/mol. The number of hydrogen-bond acceptors (Lipinski definition) is 4. The number of rotatable bonds is 3. The zero-order valence-electron chi connectivity index (χ0n) is 15.8. The topological polar surface area (TPSA) is 41.9 Å². The van der Waals surface area contributed by atoms with Crippen LogP contribution in [0, 0.1) is 5.92 Å². The SMILES string of the molecule is CCN1C2=CCCC=C2C2C=C(/C=C3\C(=O)ON=C3c3ccccc3)C=CC21. The lowest BCUT2D eigenvalue weighted by Gasteiger charge is -2.27. The number of likely N-dealkylation sites (N-methyl/N-ethyl adjacent to an activating group) is 1. The maximum absolute atomic E-state index is 12.3. The highest BCUT2D eigenvalue weighted by atomic mass is 16.7. The van der Waals surface area contributed by atoms with Crippen molar-refractivity contribution in [2.45, 2.75) is 25.8 Å². The van der Waals surface area contributed by atoms with Gasteiger partial charge in [-0.1, -0.05) is 65.9 Å². The molecule has 2 aliphatic heterocycles. The van der Waals surface area contributed by atoms with Crippen LogP contribution >= 0.6 is 0 Å². The number of carbonyl (C=O) groups is 1. The van der Waals surface area contributed by atoms with Crippen molar-refractivity contribution in [3.63, 3.8) is 0 Å². The first kappa shape index (κ1) is 17.0. The van der Waals surface area contributed by atoms with Gasteiger partial charge in [-0.05, 0) is 37.0 Å². The Morgan fingerprint density at radius 3 is 2.86 bits per heavy atom. The molecule has 28 heavy (non-hydrogen) atoms. The van der Waals surface area contributed by atoms with Crippen LogP contribution < -0.4 is 0 Å². The molecule has 4 aliphatic rings. The third-order valence-corrected chi connectivity index (χ3v) is 5.81. The Kier molecular flexibility index (Phi) is 4.12. The summed E-state index contributed by atoms with van der Waals surface area (Å²) in [6, 6.07) is 10.1. The van der Waals surface area contributed by atoms with Crippen LogP contribution in [0.3, 0.4) is 0 Å². The van der Waals surface area contributed by atoms with Gasteiger partial charge in [0.2, 0.25) is 0 Å². The molecule has 0 amide bonds. The Morgan fingerprint density at radius 1 is 1.21 bits per heavy atom. The number of likely N-dealkylation sites (tertiary alicyclic amines) is 1. The summed E-state index contributed by atoms with van der Waals surface area (Å²) in [6.45, 7) is 3.21. The van der Waals surface area contributed by atoms with Crippen LogP contribution in [-0.4, -0.2) is 29.2 Å². The molecule has 0 aromatic heterocycles. The number of hydrogen-bond donors (Lipinski definition) is 0. The summed E-state index contributed by atoms with van der Waals surface area (Å²) >= 11 is 0. The fourth-order valence-electron chi connectivity index (χ4n) is 4.55. The van der Waals surface area contributed by atoms with Gasteiger partial charge in [-0.15, -0.1) is 0 Å². The Bertz CT molecular complexity index is 1010. The van der Waals surface area contributed by atoms with E-state index in [-0.39, 0.29) is 0 Å². The molecule has 0 saturated carbocycles. The molecular weight excluding hydrogens is 348 g/mol. The van der Waals surface area contributed by atoms with Crippen LogP contribution in [0.4, 0.5) is 0 Å². The molecule has 2 heterocycles. The minimum atomic E-state index is -0.394. The second-order valence-corrected chi connectivity index (χ2v) is 7.40. The number of fused-ring (bicyclic) bond motifs is 3. The molecule has 1 aromatic carbocycles. The molecule has 2 aliphatic carbocycles. The first-order chi connectivity index (χ1) is 13.8. The molecule has 0 radical (unpaired) electrons. The summed E-state index contributed by atoms with van der Waals surface area (Å²) in [5.41, 5.74) is 5.83. The van der Waals surface area contributed by atoms with Gasteiger partial charge in [0.25, 0.3) is 0 Å². The molecule has 4 heteroatoms. The van der Waals surface area contributed by atoms with Crippen molar-refractivity contribution in [3.8, 4) is 0 Å². The molecule has 4 nitrogen and oxygen atoms in total. The Morgan fingerprint density at radius 2 is 2.04 bits per heavy atom. The number of carbonyl (C=O) groups excluding carboxylic acids is 1. The van der Waals surface area contributed by atoms with Gasteiger partial charge in [0.15, 0.2) is 0 Å². The standard InChI is InChI=1S/C24H22N2O2/c1-2-26-21-11-7-6-10-18(21)19-14-16(12-13-22(19)26)15-20-23(25-28-24(20)27)17-8-4-3-5-9-17/h3-5,8-15,19,22H,2,6-7H2,1H3/b20-15-. The van der Waals surface area contributed by atoms with E-state index >= 15 is 0 Å². The van der Waals surface area contributed by atoms with Gasteiger partial charge < -0.3 is 9.74 Å². The lowest BCUT2D eigenvalue weighted by molar-refractivity contribution is -0.136. The first-order valence-corrected chi connectivity index (χ1v) is 9.90. The maximum atomic E-state index is 12.3. The van der Waals surface area contributed by atoms with Crippen molar-refractivity contribution in [1.82, 2.24) is 4.90 Å². The largest absolute Gasteiger partial charge is 0.368 e. The second-order valence-electron chi connectivity index (χ2n) is 7.40. The van der Waals surface area contributed by atoms with Crippen molar-refractivity contribution in [2.24, 2.45) is 11.1 Å². The summed E-state index contributed by atoms with van der Waals surface area (Å²) < 4.78 is 0. The van der Waals surface area contributed by atoms with E-state index in [1.807, 2.05) is 36.4 Å². The van der Waals surface area contributed by atoms with Gasteiger partial charge >= 0.3 is 5.97 Å². The highest BCUT2D eigenvalue weighted by Gasteiger charge is 2.39. The van der Waals surface area contributed by atoms with E-state index in [2.05, 4.69) is 47.4 Å². The summed E-state index contributed by atoms with van der Waals surface area (Å²) in [5.74, 6) is -0.0627. The summed E-state index contributed by atoms with van der Waals surface area (Å²) in [5, 5.41) is 4.01. The summed E-state index contributed by atoms with van der Waals surface area (Å²) in [7, 11) is 0. The highest BCUT2D eigenvalue weighted by molar-refractivity contribution is 6.29. The smallest absolute Gasteiger partial charge is 0.364 e. The van der Waals surface area contributed by atoms with Crippen molar-refractivity contribution >= 4 is 11.7 Å². The number of benzene rings is 1.